The Labute approximate surface area is 98.6 Å². The normalized spacial score (nSPS) is 31.8. The van der Waals surface area contributed by atoms with E-state index in [1.54, 1.807) is 11.1 Å². The first-order chi connectivity index (χ1) is 7.20. The second-order valence-corrected chi connectivity index (χ2v) is 5.25. The third kappa shape index (κ3) is 2.23. The van der Waals surface area contributed by atoms with Crippen LogP contribution in [-0.2, 0) is 0 Å². The molecule has 2 aliphatic rings. The highest BCUT2D eigenvalue weighted by molar-refractivity contribution is 7.84. The summed E-state index contributed by atoms with van der Waals surface area (Å²) in [6.45, 7) is 4.64. The van der Waals surface area contributed by atoms with Crippen LogP contribution >= 0.6 is 12.6 Å². The molecule has 2 atom stereocenters. The number of hydrogen-bond acceptors (Lipinski definition) is 1. The smallest absolute Gasteiger partial charge is 0.00319 e. The summed E-state index contributed by atoms with van der Waals surface area (Å²) in [5.74, 6) is 1.45. The van der Waals surface area contributed by atoms with Gasteiger partial charge in [0.25, 0.3) is 0 Å². The van der Waals surface area contributed by atoms with Crippen LogP contribution in [0.1, 0.15) is 39.5 Å². The average molecular weight is 220 g/mol. The highest BCUT2D eigenvalue weighted by Crippen LogP contribution is 2.40. The third-order valence-electron chi connectivity index (χ3n) is 3.90. The monoisotopic (exact) mass is 220 g/mol. The Bertz CT molecular complexity index is 333. The van der Waals surface area contributed by atoms with Gasteiger partial charge in [-0.3, -0.25) is 0 Å². The molecule has 2 rings (SSSR count). The molecule has 2 unspecified atom stereocenters. The van der Waals surface area contributed by atoms with Crippen molar-refractivity contribution >= 4 is 12.6 Å². The van der Waals surface area contributed by atoms with Crippen LogP contribution < -0.4 is 0 Å². The van der Waals surface area contributed by atoms with Gasteiger partial charge in [-0.05, 0) is 44.4 Å². The van der Waals surface area contributed by atoms with Gasteiger partial charge in [0.1, 0.15) is 0 Å². The van der Waals surface area contributed by atoms with Gasteiger partial charge < -0.3 is 0 Å². The fraction of sp³-hybridized carbons (Fsp3) is 0.571. The summed E-state index contributed by atoms with van der Waals surface area (Å²) in [6.07, 6.45) is 11.8. The summed E-state index contributed by atoms with van der Waals surface area (Å²) in [5.41, 5.74) is 3.16. The summed E-state index contributed by atoms with van der Waals surface area (Å²) in [7, 11) is 0. The van der Waals surface area contributed by atoms with Crippen molar-refractivity contribution in [1.82, 2.24) is 0 Å². The van der Waals surface area contributed by atoms with Gasteiger partial charge in [-0.15, -0.1) is 12.6 Å². The molecule has 0 spiro atoms. The molecule has 0 nitrogen and oxygen atoms in total. The molecule has 0 aliphatic heterocycles. The lowest BCUT2D eigenvalue weighted by atomic mass is 9.74. The lowest BCUT2D eigenvalue weighted by Crippen LogP contribution is -2.20. The van der Waals surface area contributed by atoms with E-state index in [1.807, 2.05) is 0 Å². The van der Waals surface area contributed by atoms with Crippen LogP contribution in [0.4, 0.5) is 0 Å². The van der Waals surface area contributed by atoms with Crippen molar-refractivity contribution in [3.63, 3.8) is 0 Å². The molecule has 0 saturated heterocycles. The van der Waals surface area contributed by atoms with Gasteiger partial charge in [0.2, 0.25) is 0 Å². The minimum atomic E-state index is 0.711. The largest absolute Gasteiger partial charge is 0.143 e. The second kappa shape index (κ2) is 4.61. The molecule has 0 fully saturated rings. The summed E-state index contributed by atoms with van der Waals surface area (Å²) < 4.78 is 0. The van der Waals surface area contributed by atoms with Gasteiger partial charge in [-0.25, -0.2) is 0 Å². The van der Waals surface area contributed by atoms with E-state index in [0.29, 0.717) is 5.92 Å². The minimum Gasteiger partial charge on any atom is -0.143 e. The van der Waals surface area contributed by atoms with Gasteiger partial charge in [-0.2, -0.15) is 0 Å². The average Bonchev–Trinajstić information content (AvgIpc) is 2.23. The minimum absolute atomic E-state index is 0.711. The highest BCUT2D eigenvalue weighted by Gasteiger charge is 2.26. The van der Waals surface area contributed by atoms with E-state index in [2.05, 4.69) is 44.7 Å². The summed E-state index contributed by atoms with van der Waals surface area (Å²) in [4.78, 5) is 1.23. The zero-order valence-electron chi connectivity index (χ0n) is 9.66. The first kappa shape index (κ1) is 11.1. The van der Waals surface area contributed by atoms with E-state index in [0.717, 1.165) is 5.92 Å². The molecule has 0 aromatic heterocycles. The Morgan fingerprint density at radius 2 is 2.13 bits per heavy atom. The molecule has 0 bridgehead atoms. The molecule has 0 heterocycles. The Hall–Kier alpha value is -0.430. The molecule has 0 aromatic carbocycles. The van der Waals surface area contributed by atoms with Crippen molar-refractivity contribution in [1.29, 1.82) is 0 Å². The van der Waals surface area contributed by atoms with E-state index >= 15 is 0 Å². The van der Waals surface area contributed by atoms with Crippen molar-refractivity contribution in [2.75, 3.05) is 0 Å². The fourth-order valence-corrected chi connectivity index (χ4v) is 3.15. The van der Waals surface area contributed by atoms with Crippen LogP contribution in [0.2, 0.25) is 0 Å². The van der Waals surface area contributed by atoms with Crippen molar-refractivity contribution in [2.24, 2.45) is 11.8 Å². The van der Waals surface area contributed by atoms with Crippen LogP contribution in [0.25, 0.3) is 0 Å². The first-order valence-corrected chi connectivity index (χ1v) is 6.40. The van der Waals surface area contributed by atoms with E-state index < -0.39 is 0 Å². The predicted octanol–water partition coefficient (Wildman–Crippen LogP) is 4.51. The second-order valence-electron chi connectivity index (χ2n) is 4.77. The Balaban J connectivity index is 2.24. The van der Waals surface area contributed by atoms with E-state index in [4.69, 9.17) is 0 Å². The summed E-state index contributed by atoms with van der Waals surface area (Å²) in [5, 5.41) is 0. The molecule has 1 heteroatoms. The molecule has 0 amide bonds. The standard InChI is InChI=1S/C14H20S/c1-10-6-5-8-12(11(10)2)13-7-3-4-9-14(13)15/h4,6,9,11-12,15H,3,5,7-8H2,1-2H3. The van der Waals surface area contributed by atoms with Gasteiger partial charge >= 0.3 is 0 Å². The van der Waals surface area contributed by atoms with Crippen LogP contribution in [0.3, 0.4) is 0 Å². The Morgan fingerprint density at radius 1 is 1.33 bits per heavy atom. The predicted molar refractivity (Wildman–Crippen MR) is 70.0 cm³/mol. The number of rotatable bonds is 1. The zero-order chi connectivity index (χ0) is 10.8. The van der Waals surface area contributed by atoms with Gasteiger partial charge in [0.15, 0.2) is 0 Å². The van der Waals surface area contributed by atoms with E-state index in [-0.39, 0.29) is 0 Å². The van der Waals surface area contributed by atoms with Gasteiger partial charge in [-0.1, -0.05) is 36.3 Å². The Morgan fingerprint density at radius 3 is 2.87 bits per heavy atom. The third-order valence-corrected chi connectivity index (χ3v) is 4.33. The van der Waals surface area contributed by atoms with Crippen molar-refractivity contribution in [3.8, 4) is 0 Å². The number of allylic oxidation sites excluding steroid dienone is 5. The lowest BCUT2D eigenvalue weighted by Gasteiger charge is -2.32. The maximum atomic E-state index is 4.61. The molecule has 0 radical (unpaired) electrons. The highest BCUT2D eigenvalue weighted by atomic mass is 32.1. The van der Waals surface area contributed by atoms with Crippen molar-refractivity contribution in [3.05, 3.63) is 34.3 Å². The maximum Gasteiger partial charge on any atom is 0.00319 e. The Kier molecular flexibility index (Phi) is 3.40. The van der Waals surface area contributed by atoms with Gasteiger partial charge in [0.05, 0.1) is 0 Å². The molecule has 0 saturated carbocycles. The van der Waals surface area contributed by atoms with Crippen LogP contribution in [0, 0.1) is 11.8 Å². The maximum absolute atomic E-state index is 4.61. The topological polar surface area (TPSA) is 0 Å². The van der Waals surface area contributed by atoms with E-state index in [1.165, 1.54) is 30.6 Å². The molecule has 2 aliphatic carbocycles. The summed E-state index contributed by atoms with van der Waals surface area (Å²) >= 11 is 4.61. The molecule has 0 aromatic rings. The first-order valence-electron chi connectivity index (χ1n) is 5.95. The molecule has 15 heavy (non-hydrogen) atoms. The zero-order valence-corrected chi connectivity index (χ0v) is 10.6. The molecule has 0 N–H and O–H groups in total. The van der Waals surface area contributed by atoms with Crippen LogP contribution in [-0.4, -0.2) is 0 Å². The summed E-state index contributed by atoms with van der Waals surface area (Å²) in [6, 6.07) is 0. The molecular weight excluding hydrogens is 200 g/mol. The molecular formula is C14H20S. The van der Waals surface area contributed by atoms with Crippen molar-refractivity contribution in [2.45, 2.75) is 39.5 Å². The van der Waals surface area contributed by atoms with Gasteiger partial charge in [0, 0.05) is 4.91 Å². The fourth-order valence-electron chi connectivity index (χ4n) is 2.76. The van der Waals surface area contributed by atoms with Crippen LogP contribution in [0.5, 0.6) is 0 Å². The number of thiol groups is 1. The van der Waals surface area contributed by atoms with E-state index in [9.17, 15) is 0 Å². The molecule has 82 valence electrons. The van der Waals surface area contributed by atoms with Crippen molar-refractivity contribution < 1.29 is 0 Å². The number of hydrogen-bond donors (Lipinski definition) is 1. The van der Waals surface area contributed by atoms with Crippen LogP contribution in [0.15, 0.2) is 34.3 Å². The lowest BCUT2D eigenvalue weighted by molar-refractivity contribution is 0.403. The quantitative estimate of drug-likeness (QED) is 0.488. The SMILES string of the molecule is CC1=CCCC(C2=C(S)C=CCC2)C1C.